The number of hydrogen-bond donors (Lipinski definition) is 0. The van der Waals surface area contributed by atoms with Crippen molar-refractivity contribution >= 4 is 0 Å². The Labute approximate surface area is 416 Å². The van der Waals surface area contributed by atoms with Crippen molar-refractivity contribution in [2.24, 2.45) is 75.9 Å². The highest BCUT2D eigenvalue weighted by molar-refractivity contribution is 4.73. The Kier molecular flexibility index (Phi) is 65.9. The molecule has 0 spiro atoms. The molecular weight excluding hydrogens is 769 g/mol. The van der Waals surface area contributed by atoms with E-state index >= 15 is 0 Å². The van der Waals surface area contributed by atoms with Gasteiger partial charge in [-0.25, -0.2) is 0 Å². The van der Waals surface area contributed by atoms with Gasteiger partial charge in [-0.1, -0.05) is 323 Å². The average molecular weight is 912 g/mol. The largest absolute Gasteiger partial charge is 0.0654 e. The summed E-state index contributed by atoms with van der Waals surface area (Å²) in [6.07, 6.45) is 31.0. The van der Waals surface area contributed by atoms with Crippen LogP contribution >= 0.6 is 0 Å². The summed E-state index contributed by atoms with van der Waals surface area (Å²) in [6.45, 7) is 66.1. The molecule has 0 saturated heterocycles. The molecule has 0 unspecified atom stereocenters. The van der Waals surface area contributed by atoms with Crippen molar-refractivity contribution in [2.75, 3.05) is 0 Å². The Morgan fingerprint density at radius 1 is 0.312 bits per heavy atom. The standard InChI is InChI=1S/2C9H20.C8H16.3C8H18.2C7H16/c1-8(2)6-7-9(3,4)5;1-4-5-6-7-8-9(2)3;1-7(2)3-4-8-5-6-8;1-7(2)6-8(3,4)5;1-7(2)5-6-8(3)4;1-4-5-6-7-8(2)3;1-6(2)5-7(3)4;1-4-5-6-7(2)3/h8H,6-7H2,1-5H3;9H,4-8H2,1-3H3;7-8H,3-6H2,1-2H3;7H,6H2,1-5H3;7-8H,5-6H2,1-4H3;8H,4-7H2,1-3H3;6-7H,5H2,1-4H3;7H,4-6H2,1-3H3. The van der Waals surface area contributed by atoms with Gasteiger partial charge in [0.05, 0.1) is 0 Å². The van der Waals surface area contributed by atoms with Crippen molar-refractivity contribution in [3.63, 3.8) is 0 Å². The lowest BCUT2D eigenvalue weighted by atomic mass is 9.86. The summed E-state index contributed by atoms with van der Waals surface area (Å²) in [7, 11) is 0. The third kappa shape index (κ3) is 125. The maximum atomic E-state index is 2.31. The van der Waals surface area contributed by atoms with Crippen LogP contribution in [0.2, 0.25) is 0 Å². The highest BCUT2D eigenvalue weighted by atomic mass is 14.3. The van der Waals surface area contributed by atoms with Gasteiger partial charge in [0.25, 0.3) is 0 Å². The highest BCUT2D eigenvalue weighted by Crippen LogP contribution is 2.34. The zero-order chi connectivity index (χ0) is 51.9. The molecule has 0 atom stereocenters. The Morgan fingerprint density at radius 3 is 0.812 bits per heavy atom. The summed E-state index contributed by atoms with van der Waals surface area (Å²) in [5.41, 5.74) is 1.05. The summed E-state index contributed by atoms with van der Waals surface area (Å²) >= 11 is 0. The lowest BCUT2D eigenvalue weighted by molar-refractivity contribution is 0.320. The van der Waals surface area contributed by atoms with Crippen LogP contribution in [-0.2, 0) is 0 Å². The molecule has 0 radical (unpaired) electrons. The monoisotopic (exact) mass is 911 g/mol. The molecule has 1 fully saturated rings. The first-order valence-electron chi connectivity index (χ1n) is 29.2. The Morgan fingerprint density at radius 2 is 0.625 bits per heavy atom. The van der Waals surface area contributed by atoms with Crippen LogP contribution in [0.5, 0.6) is 0 Å². The molecule has 398 valence electrons. The summed E-state index contributed by atoms with van der Waals surface area (Å²) in [5.74, 6) is 10.0. The van der Waals surface area contributed by atoms with Crippen LogP contribution in [0, 0.1) is 75.9 Å². The SMILES string of the molecule is CC(C)CC(C)(C)C.CC(C)CC(C)C.CC(C)CCC(C)(C)C.CC(C)CCC(C)C.CC(C)CCC1CC1.CCCCC(C)C.CCCCCC(C)C.CCCCCCC(C)C. The first kappa shape index (κ1) is 78.2. The van der Waals surface area contributed by atoms with Gasteiger partial charge in [-0.3, -0.25) is 0 Å². The maximum Gasteiger partial charge on any atom is -0.0380 e. The highest BCUT2D eigenvalue weighted by Gasteiger charge is 2.20. The molecule has 0 nitrogen and oxygen atoms in total. The molecule has 1 aliphatic rings. The number of rotatable bonds is 23. The maximum absolute atomic E-state index is 2.31. The molecule has 0 bridgehead atoms. The first-order valence-corrected chi connectivity index (χ1v) is 29.2. The van der Waals surface area contributed by atoms with Gasteiger partial charge >= 0.3 is 0 Å². The van der Waals surface area contributed by atoms with Crippen LogP contribution in [0.1, 0.15) is 342 Å². The Hall–Kier alpha value is 0. The van der Waals surface area contributed by atoms with Crippen LogP contribution in [0.3, 0.4) is 0 Å². The predicted molar refractivity (Wildman–Crippen MR) is 309 cm³/mol. The van der Waals surface area contributed by atoms with E-state index in [1.165, 1.54) is 141 Å². The number of hydrogen-bond acceptors (Lipinski definition) is 0. The van der Waals surface area contributed by atoms with Gasteiger partial charge < -0.3 is 0 Å². The topological polar surface area (TPSA) is 0 Å². The number of unbranched alkanes of at least 4 members (excludes halogenated alkanes) is 6. The second-order valence-electron chi connectivity index (χ2n) is 27.1. The van der Waals surface area contributed by atoms with E-state index in [9.17, 15) is 0 Å². The van der Waals surface area contributed by atoms with Gasteiger partial charge in [-0.15, -0.1) is 0 Å². The van der Waals surface area contributed by atoms with E-state index in [0.717, 1.165) is 65.1 Å². The van der Waals surface area contributed by atoms with Gasteiger partial charge in [-0.05, 0) is 95.2 Å². The minimum atomic E-state index is 0.522. The third-order valence-corrected chi connectivity index (χ3v) is 10.8. The van der Waals surface area contributed by atoms with E-state index in [2.05, 4.69) is 201 Å². The summed E-state index contributed by atoms with van der Waals surface area (Å²) in [5, 5.41) is 0. The lowest BCUT2D eigenvalue weighted by Gasteiger charge is -2.19. The van der Waals surface area contributed by atoms with E-state index in [1.54, 1.807) is 0 Å². The summed E-state index contributed by atoms with van der Waals surface area (Å²) < 4.78 is 0. The fraction of sp³-hybridized carbons (Fsp3) is 1.00. The normalized spacial score (nSPS) is 12.4. The second-order valence-corrected chi connectivity index (χ2v) is 27.1. The van der Waals surface area contributed by atoms with Crippen molar-refractivity contribution in [1.82, 2.24) is 0 Å². The predicted octanol–water partition coefficient (Wildman–Crippen LogP) is 24.8. The van der Waals surface area contributed by atoms with Crippen LogP contribution in [0.15, 0.2) is 0 Å². The van der Waals surface area contributed by atoms with Crippen molar-refractivity contribution in [2.45, 2.75) is 342 Å². The molecule has 0 aliphatic heterocycles. The molecule has 1 aliphatic carbocycles. The van der Waals surface area contributed by atoms with Gasteiger partial charge in [0.15, 0.2) is 0 Å². The second kappa shape index (κ2) is 53.9. The molecule has 0 aromatic rings. The molecule has 1 saturated carbocycles. The third-order valence-electron chi connectivity index (χ3n) is 10.8. The fourth-order valence-corrected chi connectivity index (χ4v) is 6.93. The van der Waals surface area contributed by atoms with Crippen molar-refractivity contribution < 1.29 is 0 Å². The minimum Gasteiger partial charge on any atom is -0.0654 e. The smallest absolute Gasteiger partial charge is 0.0380 e. The van der Waals surface area contributed by atoms with Crippen molar-refractivity contribution in [1.29, 1.82) is 0 Å². The quantitative estimate of drug-likeness (QED) is 0.0896. The summed E-state index contributed by atoms with van der Waals surface area (Å²) in [6, 6.07) is 0. The van der Waals surface area contributed by atoms with Gasteiger partial charge in [0, 0.05) is 0 Å². The lowest BCUT2D eigenvalue weighted by Crippen LogP contribution is -2.08. The van der Waals surface area contributed by atoms with E-state index in [-0.39, 0.29) is 0 Å². The fourth-order valence-electron chi connectivity index (χ4n) is 6.93. The van der Waals surface area contributed by atoms with E-state index in [0.29, 0.717) is 10.8 Å². The van der Waals surface area contributed by atoms with Crippen molar-refractivity contribution in [3.8, 4) is 0 Å². The Bertz CT molecular complexity index is 742. The molecule has 0 amide bonds. The van der Waals surface area contributed by atoms with Crippen LogP contribution in [0.25, 0.3) is 0 Å². The van der Waals surface area contributed by atoms with Crippen LogP contribution in [0.4, 0.5) is 0 Å². The zero-order valence-electron chi connectivity index (χ0n) is 51.9. The average Bonchev–Trinajstić information content (AvgIpc) is 3.95. The zero-order valence-corrected chi connectivity index (χ0v) is 51.9. The van der Waals surface area contributed by atoms with E-state index < -0.39 is 0 Å². The van der Waals surface area contributed by atoms with Crippen LogP contribution in [-0.4, -0.2) is 0 Å². The molecule has 64 heavy (non-hydrogen) atoms. The molecule has 0 heterocycles. The van der Waals surface area contributed by atoms with Gasteiger partial charge in [0.1, 0.15) is 0 Å². The molecule has 0 aromatic carbocycles. The molecular formula is C64H142. The van der Waals surface area contributed by atoms with Crippen LogP contribution < -0.4 is 0 Å². The van der Waals surface area contributed by atoms with E-state index in [4.69, 9.17) is 0 Å². The van der Waals surface area contributed by atoms with E-state index in [1.807, 2.05) is 0 Å². The first-order chi connectivity index (χ1) is 29.2. The molecule has 0 N–H and O–H groups in total. The minimum absolute atomic E-state index is 0.522. The summed E-state index contributed by atoms with van der Waals surface area (Å²) in [4.78, 5) is 0. The molecule has 1 rings (SSSR count). The Balaban J connectivity index is -0.000000116. The van der Waals surface area contributed by atoms with Gasteiger partial charge in [-0.2, -0.15) is 0 Å². The van der Waals surface area contributed by atoms with Gasteiger partial charge in [0.2, 0.25) is 0 Å². The molecule has 0 heteroatoms. The van der Waals surface area contributed by atoms with Crippen molar-refractivity contribution in [3.05, 3.63) is 0 Å². The molecule has 0 aromatic heterocycles.